The molecule has 0 aliphatic carbocycles. The Hall–Kier alpha value is -2.64. The lowest BCUT2D eigenvalue weighted by Crippen LogP contribution is -2.33. The van der Waals surface area contributed by atoms with Gasteiger partial charge in [0.15, 0.2) is 0 Å². The number of carboxylic acid groups (broad SMARTS) is 1. The number of carbonyl (C=O) groups excluding carboxylic acids is 2. The van der Waals surface area contributed by atoms with Gasteiger partial charge in [0, 0.05) is 18.7 Å². The zero-order valence-electron chi connectivity index (χ0n) is 13.8. The maximum absolute atomic E-state index is 13.3. The Kier molecular flexibility index (Phi) is 6.69. The van der Waals surface area contributed by atoms with Crippen LogP contribution in [0.15, 0.2) is 18.2 Å². The summed E-state index contributed by atoms with van der Waals surface area (Å²) in [6.45, 7) is 5.46. The zero-order valence-corrected chi connectivity index (χ0v) is 13.8. The summed E-state index contributed by atoms with van der Waals surface area (Å²) in [6.07, 6.45) is -0.139. The van der Waals surface area contributed by atoms with Gasteiger partial charge in [-0.1, -0.05) is 0 Å². The van der Waals surface area contributed by atoms with Crippen LogP contribution in [0.2, 0.25) is 0 Å². The van der Waals surface area contributed by atoms with Gasteiger partial charge in [0.25, 0.3) is 0 Å². The lowest BCUT2D eigenvalue weighted by Gasteiger charge is -2.19. The monoisotopic (exact) mass is 340 g/mol. The highest BCUT2D eigenvalue weighted by atomic mass is 19.1. The first-order chi connectivity index (χ1) is 11.1. The van der Waals surface area contributed by atoms with Crippen LogP contribution in [-0.2, 0) is 9.53 Å². The molecular formula is C16H21FN2O5. The van der Waals surface area contributed by atoms with Crippen LogP contribution in [0.1, 0.15) is 44.0 Å². The summed E-state index contributed by atoms with van der Waals surface area (Å²) in [5.41, 5.74) is -0.782. The second-order valence-electron chi connectivity index (χ2n) is 6.11. The molecule has 1 aromatic rings. The molecule has 8 heteroatoms. The molecule has 0 fully saturated rings. The van der Waals surface area contributed by atoms with E-state index in [0.29, 0.717) is 6.42 Å². The number of halogens is 1. The van der Waals surface area contributed by atoms with Gasteiger partial charge in [-0.25, -0.2) is 14.0 Å². The van der Waals surface area contributed by atoms with Crippen molar-refractivity contribution in [1.29, 1.82) is 0 Å². The summed E-state index contributed by atoms with van der Waals surface area (Å²) in [6, 6.07) is 3.06. The van der Waals surface area contributed by atoms with Gasteiger partial charge in [-0.05, 0) is 45.4 Å². The Bertz CT molecular complexity index is 625. The standard InChI is InChI=1S/C16H21FN2O5/c1-16(2,3)24-15(23)18-6-4-5-13(20)19-12-8-10(14(21)22)7-11(17)9-12/h7-9H,4-6H2,1-3H3,(H,18,23)(H,19,20)(H,21,22). The smallest absolute Gasteiger partial charge is 0.407 e. The number of hydrogen-bond donors (Lipinski definition) is 3. The predicted molar refractivity (Wildman–Crippen MR) is 85.5 cm³/mol. The third kappa shape index (κ3) is 7.57. The van der Waals surface area contributed by atoms with Crippen molar-refractivity contribution in [2.75, 3.05) is 11.9 Å². The van der Waals surface area contributed by atoms with E-state index in [-0.39, 0.29) is 24.2 Å². The van der Waals surface area contributed by atoms with Crippen LogP contribution in [0.25, 0.3) is 0 Å². The average Bonchev–Trinajstić information content (AvgIpc) is 2.41. The van der Waals surface area contributed by atoms with Crippen LogP contribution < -0.4 is 10.6 Å². The number of ether oxygens (including phenoxy) is 1. The molecule has 1 rings (SSSR count). The molecule has 7 nitrogen and oxygen atoms in total. The van der Waals surface area contributed by atoms with Crippen LogP contribution in [0, 0.1) is 5.82 Å². The second kappa shape index (κ2) is 8.28. The molecule has 24 heavy (non-hydrogen) atoms. The SMILES string of the molecule is CC(C)(C)OC(=O)NCCCC(=O)Nc1cc(F)cc(C(=O)O)c1. The molecule has 0 saturated carbocycles. The quantitative estimate of drug-likeness (QED) is 0.691. The first kappa shape index (κ1) is 19.4. The molecule has 1 aromatic carbocycles. The van der Waals surface area contributed by atoms with Crippen molar-refractivity contribution in [2.45, 2.75) is 39.2 Å². The minimum Gasteiger partial charge on any atom is -0.478 e. The fourth-order valence-electron chi connectivity index (χ4n) is 1.76. The summed E-state index contributed by atoms with van der Waals surface area (Å²) in [7, 11) is 0. The van der Waals surface area contributed by atoms with Gasteiger partial charge in [-0.3, -0.25) is 4.79 Å². The lowest BCUT2D eigenvalue weighted by atomic mass is 10.2. The Morgan fingerprint density at radius 2 is 1.88 bits per heavy atom. The van der Waals surface area contributed by atoms with Crippen molar-refractivity contribution in [1.82, 2.24) is 5.32 Å². The van der Waals surface area contributed by atoms with Crippen LogP contribution in [0.5, 0.6) is 0 Å². The van der Waals surface area contributed by atoms with Crippen molar-refractivity contribution in [2.24, 2.45) is 0 Å². The zero-order chi connectivity index (χ0) is 18.3. The number of nitrogens with one attached hydrogen (secondary N) is 2. The summed E-state index contributed by atoms with van der Waals surface area (Å²) >= 11 is 0. The highest BCUT2D eigenvalue weighted by Crippen LogP contribution is 2.14. The Morgan fingerprint density at radius 1 is 1.21 bits per heavy atom. The maximum Gasteiger partial charge on any atom is 0.407 e. The third-order valence-corrected chi connectivity index (χ3v) is 2.68. The van der Waals surface area contributed by atoms with Gasteiger partial charge in [0.1, 0.15) is 11.4 Å². The highest BCUT2D eigenvalue weighted by molar-refractivity contribution is 5.93. The van der Waals surface area contributed by atoms with Crippen molar-refractivity contribution >= 4 is 23.7 Å². The molecule has 2 amide bonds. The van der Waals surface area contributed by atoms with Gasteiger partial charge in [0.2, 0.25) is 5.91 Å². The van der Waals surface area contributed by atoms with Gasteiger partial charge in [-0.2, -0.15) is 0 Å². The molecule has 0 spiro atoms. The largest absolute Gasteiger partial charge is 0.478 e. The predicted octanol–water partition coefficient (Wildman–Crippen LogP) is 2.77. The summed E-state index contributed by atoms with van der Waals surface area (Å²) in [5, 5.41) is 13.8. The lowest BCUT2D eigenvalue weighted by molar-refractivity contribution is -0.116. The van der Waals surface area contributed by atoms with Gasteiger partial charge in [-0.15, -0.1) is 0 Å². The molecule has 132 valence electrons. The fourth-order valence-corrected chi connectivity index (χ4v) is 1.76. The number of rotatable bonds is 6. The number of hydrogen-bond acceptors (Lipinski definition) is 4. The molecule has 0 radical (unpaired) electrons. The minimum absolute atomic E-state index is 0.0671. The number of carboxylic acids is 1. The van der Waals surface area contributed by atoms with Crippen LogP contribution in [0.4, 0.5) is 14.9 Å². The summed E-state index contributed by atoms with van der Waals surface area (Å²) in [5.74, 6) is -2.45. The number of anilines is 1. The van der Waals surface area contributed by atoms with Crippen molar-refractivity contribution < 1.29 is 28.6 Å². The molecule has 0 aliphatic rings. The van der Waals surface area contributed by atoms with E-state index in [1.807, 2.05) is 0 Å². The first-order valence-corrected chi connectivity index (χ1v) is 7.37. The molecule has 3 N–H and O–H groups in total. The number of carbonyl (C=O) groups is 3. The van der Waals surface area contributed by atoms with E-state index in [0.717, 1.165) is 12.1 Å². The molecule has 0 aliphatic heterocycles. The maximum atomic E-state index is 13.3. The number of benzene rings is 1. The van der Waals surface area contributed by atoms with E-state index in [9.17, 15) is 18.8 Å². The van der Waals surface area contributed by atoms with Gasteiger partial charge in [0.05, 0.1) is 5.56 Å². The second-order valence-corrected chi connectivity index (χ2v) is 6.11. The van der Waals surface area contributed by atoms with Crippen LogP contribution in [0.3, 0.4) is 0 Å². The number of alkyl carbamates (subject to hydrolysis) is 1. The van der Waals surface area contributed by atoms with E-state index in [4.69, 9.17) is 9.84 Å². The Balaban J connectivity index is 2.40. The first-order valence-electron chi connectivity index (χ1n) is 7.37. The fraction of sp³-hybridized carbons (Fsp3) is 0.438. The van der Waals surface area contributed by atoms with E-state index < -0.39 is 29.4 Å². The Morgan fingerprint density at radius 3 is 2.46 bits per heavy atom. The van der Waals surface area contributed by atoms with E-state index in [2.05, 4.69) is 10.6 Å². The summed E-state index contributed by atoms with van der Waals surface area (Å²) < 4.78 is 18.3. The normalized spacial score (nSPS) is 10.8. The molecule has 0 saturated heterocycles. The minimum atomic E-state index is -1.29. The topological polar surface area (TPSA) is 105 Å². The van der Waals surface area contributed by atoms with E-state index in [1.54, 1.807) is 20.8 Å². The van der Waals surface area contributed by atoms with Crippen LogP contribution in [-0.4, -0.2) is 35.2 Å². The number of amides is 2. The number of aromatic carboxylic acids is 1. The highest BCUT2D eigenvalue weighted by Gasteiger charge is 2.15. The van der Waals surface area contributed by atoms with E-state index in [1.165, 1.54) is 6.07 Å². The molecule has 0 unspecified atom stereocenters. The molecular weight excluding hydrogens is 319 g/mol. The van der Waals surface area contributed by atoms with Gasteiger partial charge < -0.3 is 20.5 Å². The van der Waals surface area contributed by atoms with Crippen molar-refractivity contribution in [3.8, 4) is 0 Å². The van der Waals surface area contributed by atoms with Gasteiger partial charge >= 0.3 is 12.1 Å². The van der Waals surface area contributed by atoms with Crippen molar-refractivity contribution in [3.05, 3.63) is 29.6 Å². The molecule has 0 heterocycles. The average molecular weight is 340 g/mol. The van der Waals surface area contributed by atoms with Crippen LogP contribution >= 0.6 is 0 Å². The Labute approximate surface area is 139 Å². The third-order valence-electron chi connectivity index (χ3n) is 2.68. The van der Waals surface area contributed by atoms with Crippen molar-refractivity contribution in [3.63, 3.8) is 0 Å². The summed E-state index contributed by atoms with van der Waals surface area (Å²) in [4.78, 5) is 34.0. The molecule has 0 aromatic heterocycles. The molecule has 0 bridgehead atoms. The molecule has 0 atom stereocenters. The van der Waals surface area contributed by atoms with E-state index >= 15 is 0 Å².